The fourth-order valence-corrected chi connectivity index (χ4v) is 36.4. The number of aromatic nitrogens is 12. The number of hydrogen-bond acceptors (Lipinski definition) is 20. The zero-order valence-corrected chi connectivity index (χ0v) is 85.5. The number of nitrogens with one attached hydrogen (secondary N) is 1. The number of aromatic amines is 1. The second-order valence-corrected chi connectivity index (χ2v) is 49.8. The highest BCUT2D eigenvalue weighted by Gasteiger charge is 2.65. The SMILES string of the molecule is COc1cccc2c1nnn2CC(=O)[C@H]1CC[C@H]2[C@@H]3CC[C@@H]4C[C@](C)(O)CC[C@@H]4[C@H]3CC[C@]12C.COc1cccc2n[nH]nc12.COc1cccc2nn(CC(=O)[C@H]3CC[C@H]4[C@@H]5CC[C@@H]6C[C@](C)(O)CC[C@@H]6[C@H]5CC[C@]34C)nc12.COc1cccc2nnn(CC(=O)[C@H]3CC[C@H]4[C@@H]5CC[C@@H]6C[C@](C)(O)CC[C@@H]6[C@H]5CC[C@]34C)c12.C[C@@]1(O)CC[C@H]2[C@H](CC[C@@H]3[C@@H]2CC[C@]2(C)[C@@H](C(=O)CBr)CC[C@@H]32)C1. The van der Waals surface area contributed by atoms with Gasteiger partial charge in [-0.25, -0.2) is 9.36 Å². The summed E-state index contributed by atoms with van der Waals surface area (Å²) >= 11 is 3.42. The molecule has 24 rings (SSSR count). The largest absolute Gasteiger partial charge is 0.494 e. The van der Waals surface area contributed by atoms with Crippen LogP contribution in [0.25, 0.3) is 44.1 Å². The van der Waals surface area contributed by atoms with Crippen molar-refractivity contribution < 1.29 is 58.6 Å². The number of carbonyl (C=O) groups is 4. The first-order chi connectivity index (χ1) is 65.7. The standard InChI is InChI=1S/3C28H39N3O3.C21H33BrO2.C7H7N3O/c1-27(33)13-11-18-17(15-27)7-8-20-19(18)12-14-28(2)21(20)9-10-22(28)24(32)16-31-23-5-4-6-25(34-3)26(23)29-30-31;1-27(33)13-11-18-17(15-27)7-8-20-19(18)12-14-28(2)21(20)9-10-22(28)24(32)16-31-26-23(29-30-31)5-4-6-25(26)34-3;1-27(33)13-11-18-17(15-27)7-8-20-19(18)12-14-28(2)21(20)9-10-22(28)24(32)16-31-29-23-5-4-6-25(34-3)26(23)30-31;1-20(24)9-7-14-13(11-20)3-4-16-15(14)8-10-21(2)17(16)5-6-18(21)19(23)12-22;1-11-6-4-2-3-5-7(6)9-10-8-5/h3*4-6,17-22,33H,7-16H2,1-3H3;13-18,24H,3-12H2,1-2H3;2-4H,1H3,(H,8,9,10)/t3*17-,18+,19-,20-,21+,22-,27-,28+;13-,14+,15-,16-,17+,18-,20-,21+;/m1111./s1. The van der Waals surface area contributed by atoms with Gasteiger partial charge >= 0.3 is 0 Å². The second kappa shape index (κ2) is 38.1. The first-order valence-electron chi connectivity index (χ1n) is 53.7. The van der Waals surface area contributed by atoms with Crippen molar-refractivity contribution in [1.29, 1.82) is 0 Å². The summed E-state index contributed by atoms with van der Waals surface area (Å²) in [5.74, 6) is 20.1. The van der Waals surface area contributed by atoms with Crippen molar-refractivity contribution in [1.82, 2.24) is 60.4 Å². The van der Waals surface area contributed by atoms with Crippen molar-refractivity contribution in [2.75, 3.05) is 33.8 Å². The molecule has 744 valence electrons. The highest BCUT2D eigenvalue weighted by atomic mass is 79.9. The molecule has 0 radical (unpaired) electrons. The van der Waals surface area contributed by atoms with E-state index in [1.165, 1.54) is 141 Å². The van der Waals surface area contributed by atoms with E-state index in [0.717, 1.165) is 228 Å². The van der Waals surface area contributed by atoms with Crippen molar-refractivity contribution in [3.8, 4) is 23.0 Å². The number of ether oxygens (including phenoxy) is 4. The molecule has 16 aliphatic rings. The normalized spacial score (nSPS) is 41.2. The maximum Gasteiger partial charge on any atom is 0.159 e. The summed E-state index contributed by atoms with van der Waals surface area (Å²) in [7, 11) is 6.54. The Balaban J connectivity index is 0.000000109. The molecule has 4 aromatic carbocycles. The molecular weight excluding hydrogens is 1790 g/mol. The third-order valence-electron chi connectivity index (χ3n) is 42.2. The van der Waals surface area contributed by atoms with Crippen LogP contribution in [0.2, 0.25) is 0 Å². The minimum absolute atomic E-state index is 0.103. The maximum absolute atomic E-state index is 13.7. The molecule has 4 heterocycles. The van der Waals surface area contributed by atoms with E-state index in [-0.39, 0.29) is 52.5 Å². The van der Waals surface area contributed by atoms with Crippen LogP contribution >= 0.6 is 15.9 Å². The number of hydrogen-bond donors (Lipinski definition) is 5. The van der Waals surface area contributed by atoms with Gasteiger partial charge < -0.3 is 39.4 Å². The van der Waals surface area contributed by atoms with E-state index in [1.807, 2.05) is 100 Å². The molecule has 0 unspecified atom stereocenters. The zero-order valence-electron chi connectivity index (χ0n) is 83.9. The van der Waals surface area contributed by atoms with E-state index >= 15 is 0 Å². The van der Waals surface area contributed by atoms with Gasteiger partial charge in [0.15, 0.2) is 33.9 Å². The van der Waals surface area contributed by atoms with Gasteiger partial charge in [0.25, 0.3) is 0 Å². The summed E-state index contributed by atoms with van der Waals surface area (Å²) in [5.41, 5.74) is 5.03. The number of halogens is 1. The molecule has 16 saturated carbocycles. The predicted molar refractivity (Wildman–Crippen MR) is 531 cm³/mol. The summed E-state index contributed by atoms with van der Waals surface area (Å²) in [5, 5.41) is 79.6. The Kier molecular flexibility index (Phi) is 27.0. The second-order valence-electron chi connectivity index (χ2n) is 49.3. The number of nitrogens with zero attached hydrogens (tertiary/aromatic N) is 11. The number of aliphatic hydroxyl groups is 4. The third kappa shape index (κ3) is 18.0. The van der Waals surface area contributed by atoms with E-state index in [9.17, 15) is 39.6 Å². The molecule has 137 heavy (non-hydrogen) atoms. The van der Waals surface area contributed by atoms with Gasteiger partial charge in [-0.1, -0.05) is 78.3 Å². The van der Waals surface area contributed by atoms with Crippen molar-refractivity contribution in [3.05, 3.63) is 72.8 Å². The van der Waals surface area contributed by atoms with Gasteiger partial charge in [-0.3, -0.25) is 19.2 Å². The summed E-state index contributed by atoms with van der Waals surface area (Å²) in [6, 6.07) is 22.8. The summed E-state index contributed by atoms with van der Waals surface area (Å²) in [4.78, 5) is 55.0. The lowest BCUT2D eigenvalue weighted by molar-refractivity contribution is -0.133. The number of methoxy groups -OCH3 is 4. The topological polar surface area (TPSA) is 320 Å². The number of alkyl halides is 1. The summed E-state index contributed by atoms with van der Waals surface area (Å²) in [6.45, 7) is 18.7. The molecule has 0 amide bonds. The molecule has 32 atom stereocenters. The number of para-hydroxylation sites is 2. The number of rotatable bonds is 15. The average molecular weight is 1940 g/mol. The Labute approximate surface area is 818 Å². The number of carbonyl (C=O) groups excluding carboxylic acids is 4. The van der Waals surface area contributed by atoms with Gasteiger partial charge in [-0.15, -0.1) is 15.3 Å². The lowest BCUT2D eigenvalue weighted by atomic mass is 9.49. The van der Waals surface area contributed by atoms with Crippen LogP contribution < -0.4 is 18.9 Å². The van der Waals surface area contributed by atoms with E-state index in [1.54, 1.807) is 42.6 Å². The highest BCUT2D eigenvalue weighted by molar-refractivity contribution is 9.09. The molecule has 0 saturated heterocycles. The van der Waals surface area contributed by atoms with Crippen molar-refractivity contribution in [2.24, 2.45) is 164 Å². The van der Waals surface area contributed by atoms with E-state index in [4.69, 9.17) is 18.9 Å². The van der Waals surface area contributed by atoms with Crippen LogP contribution in [0.5, 0.6) is 23.0 Å². The van der Waals surface area contributed by atoms with Crippen LogP contribution in [0, 0.1) is 164 Å². The van der Waals surface area contributed by atoms with Gasteiger partial charge in [-0.2, -0.15) is 25.3 Å². The van der Waals surface area contributed by atoms with Crippen LogP contribution in [0.4, 0.5) is 0 Å². The molecule has 16 aliphatic carbocycles. The molecular formula is C112H157BrN12O12. The number of Topliss-reactive ketones (excluding diaryl/α,β-unsaturated/α-hetero) is 4. The number of H-pyrrole nitrogens is 1. The minimum atomic E-state index is -0.462. The van der Waals surface area contributed by atoms with E-state index in [0.29, 0.717) is 87.9 Å². The Morgan fingerprint density at radius 2 is 0.686 bits per heavy atom. The van der Waals surface area contributed by atoms with Crippen LogP contribution in [0.3, 0.4) is 0 Å². The van der Waals surface area contributed by atoms with Crippen LogP contribution in [-0.2, 0) is 38.8 Å². The smallest absolute Gasteiger partial charge is 0.159 e. The zero-order chi connectivity index (χ0) is 95.8. The molecule has 24 nitrogen and oxygen atoms in total. The summed E-state index contributed by atoms with van der Waals surface area (Å²) in [6.07, 6.45) is 41.8. The Hall–Kier alpha value is -7.32. The Bertz CT molecular complexity index is 5680. The molecule has 0 aliphatic heterocycles. The van der Waals surface area contributed by atoms with Crippen LogP contribution in [0.15, 0.2) is 72.8 Å². The molecule has 8 aromatic rings. The quantitative estimate of drug-likeness (QED) is 0.0595. The fourth-order valence-electron chi connectivity index (χ4n) is 36.0. The minimum Gasteiger partial charge on any atom is -0.494 e. The lowest BCUT2D eigenvalue weighted by Gasteiger charge is -2.56. The first kappa shape index (κ1) is 97.1. The molecule has 25 heteroatoms. The summed E-state index contributed by atoms with van der Waals surface area (Å²) < 4.78 is 24.9. The predicted octanol–water partition coefficient (Wildman–Crippen LogP) is 21.0. The Morgan fingerprint density at radius 1 is 0.343 bits per heavy atom. The van der Waals surface area contributed by atoms with Crippen LogP contribution in [-0.4, -0.2) is 160 Å². The monoisotopic (exact) mass is 1940 g/mol. The number of benzene rings is 4. The number of ketones is 4. The van der Waals surface area contributed by atoms with Crippen molar-refractivity contribution >= 4 is 83.2 Å². The lowest BCUT2D eigenvalue weighted by Crippen LogP contribution is -2.51. The van der Waals surface area contributed by atoms with Gasteiger partial charge in [0.2, 0.25) is 0 Å². The van der Waals surface area contributed by atoms with E-state index < -0.39 is 22.4 Å². The highest BCUT2D eigenvalue weighted by Crippen LogP contribution is 2.71. The van der Waals surface area contributed by atoms with E-state index in [2.05, 4.69) is 89.9 Å². The van der Waals surface area contributed by atoms with Crippen molar-refractivity contribution in [2.45, 2.75) is 329 Å². The molecule has 0 bridgehead atoms. The number of fused-ring (bicyclic) bond motifs is 24. The van der Waals surface area contributed by atoms with Crippen molar-refractivity contribution in [3.63, 3.8) is 0 Å². The van der Waals surface area contributed by atoms with Gasteiger partial charge in [0, 0.05) is 23.7 Å². The van der Waals surface area contributed by atoms with Crippen LogP contribution in [0.1, 0.15) is 287 Å². The molecule has 16 fully saturated rings. The first-order valence-corrected chi connectivity index (χ1v) is 54.8. The van der Waals surface area contributed by atoms with Gasteiger partial charge in [0.05, 0.1) is 61.7 Å². The van der Waals surface area contributed by atoms with Gasteiger partial charge in [-0.05, 0) is 447 Å². The molecule has 5 N–H and O–H groups in total. The molecule has 4 aromatic heterocycles. The fraction of sp³-hybridized carbons (Fsp3) is 0.750. The Morgan fingerprint density at radius 3 is 1.09 bits per heavy atom. The maximum atomic E-state index is 13.7. The molecule has 0 spiro atoms. The van der Waals surface area contributed by atoms with Gasteiger partial charge in [0.1, 0.15) is 70.5 Å². The average Bonchev–Trinajstić information content (AvgIpc) is 1.56. The third-order valence-corrected chi connectivity index (χ3v) is 42.7.